The monoisotopic (exact) mass is 314 g/mol. The summed E-state index contributed by atoms with van der Waals surface area (Å²) in [5, 5.41) is 4.19. The van der Waals surface area contributed by atoms with Crippen LogP contribution in [0.3, 0.4) is 0 Å². The Kier molecular flexibility index (Phi) is 4.28. The normalized spacial score (nSPS) is 12.0. The zero-order valence-corrected chi connectivity index (χ0v) is 13.3. The van der Waals surface area contributed by atoms with Gasteiger partial charge < -0.3 is 5.73 Å². The number of sulfonamides is 1. The van der Waals surface area contributed by atoms with Crippen LogP contribution < -0.4 is 10.5 Å². The number of aryl methyl sites for hydroxylation is 3. The first kappa shape index (κ1) is 15.2. The summed E-state index contributed by atoms with van der Waals surface area (Å²) in [6.45, 7) is 4.22. The van der Waals surface area contributed by atoms with E-state index in [0.29, 0.717) is 11.4 Å². The molecule has 0 saturated heterocycles. The van der Waals surface area contributed by atoms with Gasteiger partial charge in [-0.3, -0.25) is 4.68 Å². The van der Waals surface area contributed by atoms with Crippen molar-refractivity contribution in [1.82, 2.24) is 14.5 Å². The molecule has 2 aromatic rings. The Morgan fingerprint density at radius 3 is 2.65 bits per heavy atom. The fourth-order valence-electron chi connectivity index (χ4n) is 1.96. The maximum atomic E-state index is 12.3. The summed E-state index contributed by atoms with van der Waals surface area (Å²) < 4.78 is 28.9. The van der Waals surface area contributed by atoms with Crippen LogP contribution in [0.25, 0.3) is 0 Å². The number of nitrogens with zero attached hydrogens (tertiary/aromatic N) is 2. The highest BCUT2D eigenvalue weighted by molar-refractivity contribution is 7.89. The fraction of sp³-hybridized carbons (Fsp3) is 0.417. The van der Waals surface area contributed by atoms with E-state index in [1.54, 1.807) is 17.7 Å². The average molecular weight is 314 g/mol. The predicted octanol–water partition coefficient (Wildman–Crippen LogP) is 1.04. The van der Waals surface area contributed by atoms with Crippen molar-refractivity contribution in [3.05, 3.63) is 33.3 Å². The lowest BCUT2D eigenvalue weighted by Gasteiger charge is -2.05. The molecule has 8 heteroatoms. The number of thiophene rings is 1. The van der Waals surface area contributed by atoms with E-state index in [-0.39, 0.29) is 6.54 Å². The largest absolute Gasteiger partial charge is 0.326 e. The maximum Gasteiger partial charge on any atom is 0.241 e. The van der Waals surface area contributed by atoms with Crippen molar-refractivity contribution in [2.75, 3.05) is 0 Å². The first-order valence-corrected chi connectivity index (χ1v) is 8.41. The summed E-state index contributed by atoms with van der Waals surface area (Å²) in [5.41, 5.74) is 7.23. The second kappa shape index (κ2) is 5.65. The first-order chi connectivity index (χ1) is 9.33. The Balaban J connectivity index is 2.19. The van der Waals surface area contributed by atoms with Crippen molar-refractivity contribution in [3.63, 3.8) is 0 Å². The third-order valence-electron chi connectivity index (χ3n) is 2.98. The molecule has 0 aliphatic carbocycles. The molecule has 2 heterocycles. The Hall–Kier alpha value is -1.22. The first-order valence-electron chi connectivity index (χ1n) is 6.11. The lowest BCUT2D eigenvalue weighted by Crippen LogP contribution is -2.23. The van der Waals surface area contributed by atoms with Gasteiger partial charge in [0.2, 0.25) is 10.0 Å². The van der Waals surface area contributed by atoms with E-state index in [0.717, 1.165) is 21.0 Å². The number of aromatic nitrogens is 2. The molecular formula is C12H18N4O2S2. The maximum absolute atomic E-state index is 12.3. The summed E-state index contributed by atoms with van der Waals surface area (Å²) in [7, 11) is -1.71. The minimum Gasteiger partial charge on any atom is -0.326 e. The van der Waals surface area contributed by atoms with Crippen molar-refractivity contribution in [3.8, 4) is 0 Å². The van der Waals surface area contributed by atoms with Crippen LogP contribution in [0.15, 0.2) is 17.2 Å². The third-order valence-corrected chi connectivity index (χ3v) is 5.71. The van der Waals surface area contributed by atoms with Crippen LogP contribution in [0, 0.1) is 13.8 Å². The second-order valence-electron chi connectivity index (χ2n) is 4.58. The molecule has 110 valence electrons. The van der Waals surface area contributed by atoms with Crippen LogP contribution >= 0.6 is 11.3 Å². The quantitative estimate of drug-likeness (QED) is 0.862. The summed E-state index contributed by atoms with van der Waals surface area (Å²) in [5.74, 6) is 0. The van der Waals surface area contributed by atoms with Gasteiger partial charge in [-0.05, 0) is 19.9 Å². The molecule has 0 aliphatic heterocycles. The van der Waals surface area contributed by atoms with E-state index >= 15 is 0 Å². The number of rotatable bonds is 5. The highest BCUT2D eigenvalue weighted by Crippen LogP contribution is 2.25. The Morgan fingerprint density at radius 1 is 1.45 bits per heavy atom. The van der Waals surface area contributed by atoms with Crippen molar-refractivity contribution < 1.29 is 8.42 Å². The molecular weight excluding hydrogens is 296 g/mol. The van der Waals surface area contributed by atoms with Gasteiger partial charge in [-0.1, -0.05) is 0 Å². The van der Waals surface area contributed by atoms with Crippen molar-refractivity contribution >= 4 is 21.4 Å². The Morgan fingerprint density at radius 2 is 2.15 bits per heavy atom. The van der Waals surface area contributed by atoms with Gasteiger partial charge in [-0.2, -0.15) is 5.10 Å². The molecule has 2 rings (SSSR count). The highest BCUT2D eigenvalue weighted by Gasteiger charge is 2.20. The third kappa shape index (κ3) is 3.09. The Labute approximate surface area is 122 Å². The molecule has 6 nitrogen and oxygen atoms in total. The van der Waals surface area contributed by atoms with Crippen LogP contribution in [0.2, 0.25) is 0 Å². The zero-order valence-electron chi connectivity index (χ0n) is 11.7. The molecule has 2 aromatic heterocycles. The van der Waals surface area contributed by atoms with E-state index in [4.69, 9.17) is 5.73 Å². The summed E-state index contributed by atoms with van der Waals surface area (Å²) in [4.78, 5) is 1.92. The molecule has 0 radical (unpaired) electrons. The lowest BCUT2D eigenvalue weighted by atomic mass is 10.3. The molecule has 0 fully saturated rings. The molecule has 0 saturated carbocycles. The van der Waals surface area contributed by atoms with Gasteiger partial charge in [0.25, 0.3) is 0 Å². The van der Waals surface area contributed by atoms with E-state index in [2.05, 4.69) is 9.82 Å². The number of nitrogens with two attached hydrogens (primary N) is 1. The zero-order chi connectivity index (χ0) is 14.9. The number of nitrogens with one attached hydrogen (secondary N) is 1. The van der Waals surface area contributed by atoms with Gasteiger partial charge in [0, 0.05) is 41.7 Å². The molecule has 0 amide bonds. The van der Waals surface area contributed by atoms with Gasteiger partial charge >= 0.3 is 0 Å². The molecule has 0 atom stereocenters. The van der Waals surface area contributed by atoms with Crippen molar-refractivity contribution in [2.45, 2.75) is 31.8 Å². The van der Waals surface area contributed by atoms with Gasteiger partial charge in [-0.15, -0.1) is 11.3 Å². The van der Waals surface area contributed by atoms with Gasteiger partial charge in [0.1, 0.15) is 0 Å². The van der Waals surface area contributed by atoms with Crippen LogP contribution in [0.1, 0.15) is 21.0 Å². The van der Waals surface area contributed by atoms with E-state index in [9.17, 15) is 8.42 Å². The van der Waals surface area contributed by atoms with Crippen LogP contribution in [0.5, 0.6) is 0 Å². The smallest absolute Gasteiger partial charge is 0.241 e. The molecule has 3 N–H and O–H groups in total. The van der Waals surface area contributed by atoms with E-state index in [1.165, 1.54) is 11.3 Å². The van der Waals surface area contributed by atoms with Gasteiger partial charge in [0.05, 0.1) is 10.6 Å². The number of hydrogen-bond acceptors (Lipinski definition) is 5. The van der Waals surface area contributed by atoms with E-state index in [1.807, 2.05) is 20.2 Å². The minimum atomic E-state index is -3.52. The van der Waals surface area contributed by atoms with Crippen LogP contribution in [0.4, 0.5) is 0 Å². The average Bonchev–Trinajstić information content (AvgIpc) is 2.90. The molecule has 0 unspecified atom stereocenters. The molecule has 0 spiro atoms. The van der Waals surface area contributed by atoms with Crippen molar-refractivity contribution in [1.29, 1.82) is 0 Å². The van der Waals surface area contributed by atoms with Gasteiger partial charge in [0.15, 0.2) is 0 Å². The molecule has 0 bridgehead atoms. The Bertz CT molecular complexity index is 716. The minimum absolute atomic E-state index is 0.231. The molecule has 0 aliphatic rings. The van der Waals surface area contributed by atoms with Crippen LogP contribution in [-0.4, -0.2) is 18.2 Å². The summed E-state index contributed by atoms with van der Waals surface area (Å²) in [6, 6.07) is 1.64. The van der Waals surface area contributed by atoms with Crippen LogP contribution in [-0.2, 0) is 30.2 Å². The SMILES string of the molecule is Cc1nn(C)cc1CNS(=O)(=O)c1cc(CN)sc1C. The van der Waals surface area contributed by atoms with Crippen molar-refractivity contribution in [2.24, 2.45) is 12.8 Å². The lowest BCUT2D eigenvalue weighted by molar-refractivity contribution is 0.581. The molecule has 0 aromatic carbocycles. The van der Waals surface area contributed by atoms with Gasteiger partial charge in [-0.25, -0.2) is 13.1 Å². The standard InChI is InChI=1S/C12H18N4O2S2/c1-8-10(7-16(3)15-8)6-14-20(17,18)12-4-11(5-13)19-9(12)2/h4,7,14H,5-6,13H2,1-3H3. The second-order valence-corrected chi connectivity index (χ2v) is 7.65. The van der Waals surface area contributed by atoms with E-state index < -0.39 is 10.0 Å². The summed E-state index contributed by atoms with van der Waals surface area (Å²) >= 11 is 1.41. The topological polar surface area (TPSA) is 90.0 Å². The molecule has 20 heavy (non-hydrogen) atoms. The summed E-state index contributed by atoms with van der Waals surface area (Å²) in [6.07, 6.45) is 1.81. The predicted molar refractivity (Wildman–Crippen MR) is 78.9 cm³/mol. The highest BCUT2D eigenvalue weighted by atomic mass is 32.2. The fourth-order valence-corrected chi connectivity index (χ4v) is 4.48. The number of hydrogen-bond donors (Lipinski definition) is 2.